The lowest BCUT2D eigenvalue weighted by atomic mass is 10.1. The third-order valence-corrected chi connectivity index (χ3v) is 5.17. The van der Waals surface area contributed by atoms with Gasteiger partial charge in [0.15, 0.2) is 34.2 Å². The van der Waals surface area contributed by atoms with Crippen LogP contribution in [0.1, 0.15) is 34.6 Å². The molecule has 0 saturated heterocycles. The van der Waals surface area contributed by atoms with Gasteiger partial charge in [-0.05, 0) is 26.7 Å². The average molecular weight is 447 g/mol. The van der Waals surface area contributed by atoms with Gasteiger partial charge in [-0.25, -0.2) is 40.0 Å². The fourth-order valence-corrected chi connectivity index (χ4v) is 3.93. The molecular formula is C16H18F5NO6S. The van der Waals surface area contributed by atoms with Crippen LogP contribution in [0, 0.1) is 35.0 Å². The molecule has 1 rings (SSSR count). The highest BCUT2D eigenvalue weighted by molar-refractivity contribution is 7.89. The van der Waals surface area contributed by atoms with Crippen LogP contribution in [0.25, 0.3) is 0 Å². The van der Waals surface area contributed by atoms with E-state index in [0.29, 0.717) is 0 Å². The molecule has 0 radical (unpaired) electrons. The van der Waals surface area contributed by atoms with Crippen molar-refractivity contribution in [1.82, 2.24) is 4.31 Å². The number of amides is 1. The topological polar surface area (TPSA) is 101 Å². The van der Waals surface area contributed by atoms with Crippen molar-refractivity contribution in [1.29, 1.82) is 0 Å². The molecule has 1 aromatic rings. The Morgan fingerprint density at radius 2 is 1.31 bits per heavy atom. The van der Waals surface area contributed by atoms with Crippen molar-refractivity contribution in [3.63, 3.8) is 0 Å². The van der Waals surface area contributed by atoms with E-state index in [9.17, 15) is 45.1 Å². The monoisotopic (exact) mass is 447 g/mol. The van der Waals surface area contributed by atoms with Crippen molar-refractivity contribution in [3.05, 3.63) is 29.1 Å². The van der Waals surface area contributed by atoms with Crippen LogP contribution in [-0.4, -0.2) is 41.5 Å². The molecule has 0 saturated carbocycles. The summed E-state index contributed by atoms with van der Waals surface area (Å²) < 4.78 is 98.3. The van der Waals surface area contributed by atoms with Crippen LogP contribution in [-0.2, 0) is 19.6 Å². The zero-order valence-electron chi connectivity index (χ0n) is 15.9. The number of carbonyl (C=O) groups is 2. The number of benzene rings is 1. The summed E-state index contributed by atoms with van der Waals surface area (Å²) in [5.74, 6) is -16.4. The first-order chi connectivity index (χ1) is 12.9. The molecule has 0 bridgehead atoms. The van der Waals surface area contributed by atoms with E-state index in [4.69, 9.17) is 4.74 Å². The maximum Gasteiger partial charge on any atom is 0.425 e. The molecule has 29 heavy (non-hydrogen) atoms. The summed E-state index contributed by atoms with van der Waals surface area (Å²) in [5, 5.41) is 9.35. The van der Waals surface area contributed by atoms with Gasteiger partial charge in [0, 0.05) is 0 Å². The van der Waals surface area contributed by atoms with E-state index < -0.39 is 77.9 Å². The van der Waals surface area contributed by atoms with Gasteiger partial charge in [-0.15, -0.1) is 0 Å². The molecule has 0 spiro atoms. The van der Waals surface area contributed by atoms with Gasteiger partial charge in [-0.3, -0.25) is 0 Å². The summed E-state index contributed by atoms with van der Waals surface area (Å²) in [4.78, 5) is 21.7. The molecule has 1 aromatic carbocycles. The fraction of sp³-hybridized carbons (Fsp3) is 0.500. The standard InChI is InChI=1S/C16H18F5NO6S/c1-6(2)12(14(23)24)22(15(25)28-16(3,4)5)29(26,27)13-10(20)8(18)7(17)9(19)11(13)21/h6,12H,1-5H3,(H,23,24). The minimum absolute atomic E-state index is 0.538. The smallest absolute Gasteiger partial charge is 0.425 e. The minimum atomic E-state index is -5.90. The summed E-state index contributed by atoms with van der Waals surface area (Å²) in [5.41, 5.74) is -1.39. The summed E-state index contributed by atoms with van der Waals surface area (Å²) in [6.07, 6.45) is -1.87. The molecule has 0 aliphatic heterocycles. The second-order valence-corrected chi connectivity index (χ2v) is 8.96. The van der Waals surface area contributed by atoms with Gasteiger partial charge >= 0.3 is 12.1 Å². The van der Waals surface area contributed by atoms with Crippen LogP contribution < -0.4 is 0 Å². The molecule has 0 aromatic heterocycles. The van der Waals surface area contributed by atoms with Gasteiger partial charge in [0.25, 0.3) is 10.0 Å². The molecule has 13 heteroatoms. The zero-order valence-corrected chi connectivity index (χ0v) is 16.7. The number of carboxylic acids is 1. The molecular weight excluding hydrogens is 429 g/mol. The number of carboxylic acid groups (broad SMARTS) is 1. The Kier molecular flexibility index (Phi) is 6.89. The van der Waals surface area contributed by atoms with E-state index in [1.165, 1.54) is 20.8 Å². The number of rotatable bonds is 5. The lowest BCUT2D eigenvalue weighted by Gasteiger charge is -2.32. The zero-order chi connectivity index (χ0) is 23.1. The predicted octanol–water partition coefficient (Wildman–Crippen LogP) is 3.42. The number of ether oxygens (including phenoxy) is 1. The van der Waals surface area contributed by atoms with E-state index >= 15 is 0 Å². The Morgan fingerprint density at radius 1 is 0.931 bits per heavy atom. The predicted molar refractivity (Wildman–Crippen MR) is 87.8 cm³/mol. The first kappa shape index (κ1) is 24.6. The Labute approximate surface area is 163 Å². The Bertz CT molecular complexity index is 913. The van der Waals surface area contributed by atoms with Crippen LogP contribution in [0.15, 0.2) is 4.90 Å². The van der Waals surface area contributed by atoms with Gasteiger partial charge in [-0.2, -0.15) is 4.31 Å². The number of hydrogen-bond donors (Lipinski definition) is 1. The molecule has 7 nitrogen and oxygen atoms in total. The molecule has 1 unspecified atom stereocenters. The van der Waals surface area contributed by atoms with Crippen molar-refractivity contribution in [3.8, 4) is 0 Å². The SMILES string of the molecule is CC(C)C(C(=O)O)N(C(=O)OC(C)(C)C)S(=O)(=O)c1c(F)c(F)c(F)c(F)c1F. The van der Waals surface area contributed by atoms with Gasteiger partial charge < -0.3 is 9.84 Å². The van der Waals surface area contributed by atoms with Crippen molar-refractivity contribution in [2.24, 2.45) is 5.92 Å². The number of hydrogen-bond acceptors (Lipinski definition) is 5. The largest absolute Gasteiger partial charge is 0.480 e. The highest BCUT2D eigenvalue weighted by atomic mass is 32.2. The Hall–Kier alpha value is -2.44. The number of nitrogens with zero attached hydrogens (tertiary/aromatic N) is 1. The van der Waals surface area contributed by atoms with Crippen LogP contribution in [0.2, 0.25) is 0 Å². The van der Waals surface area contributed by atoms with Crippen LogP contribution >= 0.6 is 0 Å². The minimum Gasteiger partial charge on any atom is -0.480 e. The van der Waals surface area contributed by atoms with Crippen LogP contribution in [0.4, 0.5) is 26.7 Å². The summed E-state index contributed by atoms with van der Waals surface area (Å²) in [7, 11) is -5.90. The number of carbonyl (C=O) groups excluding carboxylic acids is 1. The second-order valence-electron chi connectivity index (χ2n) is 7.21. The van der Waals surface area contributed by atoms with E-state index in [1.807, 2.05) is 0 Å². The van der Waals surface area contributed by atoms with E-state index in [0.717, 1.165) is 13.8 Å². The lowest BCUT2D eigenvalue weighted by molar-refractivity contribution is -0.142. The summed E-state index contributed by atoms with van der Waals surface area (Å²) in [6, 6.07) is -2.27. The lowest BCUT2D eigenvalue weighted by Crippen LogP contribution is -2.53. The maximum atomic E-state index is 14.1. The third-order valence-electron chi connectivity index (χ3n) is 3.40. The van der Waals surface area contributed by atoms with Gasteiger partial charge in [0.2, 0.25) is 5.82 Å². The van der Waals surface area contributed by atoms with Gasteiger partial charge in [-0.1, -0.05) is 13.8 Å². The van der Waals surface area contributed by atoms with Crippen molar-refractivity contribution < 1.29 is 49.8 Å². The number of halogens is 5. The van der Waals surface area contributed by atoms with Crippen molar-refractivity contribution in [2.45, 2.75) is 51.2 Å². The molecule has 164 valence electrons. The van der Waals surface area contributed by atoms with Crippen molar-refractivity contribution in [2.75, 3.05) is 0 Å². The highest BCUT2D eigenvalue weighted by Gasteiger charge is 2.47. The number of aliphatic carboxylic acids is 1. The molecule has 0 heterocycles. The van der Waals surface area contributed by atoms with Gasteiger partial charge in [0.1, 0.15) is 5.60 Å². The maximum absolute atomic E-state index is 14.1. The molecule has 1 amide bonds. The highest BCUT2D eigenvalue weighted by Crippen LogP contribution is 2.32. The third kappa shape index (κ3) is 4.77. The van der Waals surface area contributed by atoms with Gasteiger partial charge in [0.05, 0.1) is 0 Å². The molecule has 0 aliphatic carbocycles. The normalized spacial score (nSPS) is 13.3. The second kappa shape index (κ2) is 8.13. The molecule has 0 fully saturated rings. The van der Waals surface area contributed by atoms with Crippen LogP contribution in [0.3, 0.4) is 0 Å². The van der Waals surface area contributed by atoms with Crippen LogP contribution in [0.5, 0.6) is 0 Å². The van der Waals surface area contributed by atoms with E-state index in [1.54, 1.807) is 0 Å². The quantitative estimate of drug-likeness (QED) is 0.422. The first-order valence-corrected chi connectivity index (χ1v) is 9.40. The average Bonchev–Trinajstić information content (AvgIpc) is 2.53. The fourth-order valence-electron chi connectivity index (χ4n) is 2.23. The van der Waals surface area contributed by atoms with E-state index in [2.05, 4.69) is 0 Å². The Balaban J connectivity index is 3.91. The molecule has 1 atom stereocenters. The van der Waals surface area contributed by atoms with E-state index in [-0.39, 0.29) is 0 Å². The summed E-state index contributed by atoms with van der Waals surface area (Å²) in [6.45, 7) is 6.15. The first-order valence-electron chi connectivity index (χ1n) is 7.96. The number of sulfonamides is 1. The van der Waals surface area contributed by atoms with Crippen molar-refractivity contribution >= 4 is 22.1 Å². The Morgan fingerprint density at radius 3 is 1.62 bits per heavy atom. The summed E-state index contributed by atoms with van der Waals surface area (Å²) >= 11 is 0. The molecule has 1 N–H and O–H groups in total. The molecule has 0 aliphatic rings.